The molecule has 7 heteroatoms. The Morgan fingerprint density at radius 2 is 2.03 bits per heavy atom. The Balaban J connectivity index is 1.81. The van der Waals surface area contributed by atoms with Crippen molar-refractivity contribution in [2.75, 3.05) is 0 Å². The van der Waals surface area contributed by atoms with Crippen LogP contribution in [-0.4, -0.2) is 34.8 Å². The molecule has 0 spiro atoms. The van der Waals surface area contributed by atoms with Crippen molar-refractivity contribution in [2.24, 2.45) is 4.99 Å². The molecule has 1 aliphatic carbocycles. The van der Waals surface area contributed by atoms with Crippen molar-refractivity contribution in [3.63, 3.8) is 0 Å². The van der Waals surface area contributed by atoms with E-state index in [4.69, 9.17) is 16.3 Å². The molecular formula is C22H27ClN2O4. The van der Waals surface area contributed by atoms with E-state index in [-0.39, 0.29) is 29.7 Å². The predicted molar refractivity (Wildman–Crippen MR) is 112 cm³/mol. The van der Waals surface area contributed by atoms with E-state index in [1.54, 1.807) is 18.2 Å². The molecule has 1 amide bonds. The molecule has 3 rings (SSSR count). The maximum atomic E-state index is 12.8. The summed E-state index contributed by atoms with van der Waals surface area (Å²) >= 11 is 6.12. The SMILES string of the molecule is CCC1=C(Cl)N=C(C(=O)N[C@@H]2Cc3cc(C(=O)O)ccc3[C@@H]2OC(CC)CC)C1. The van der Waals surface area contributed by atoms with Gasteiger partial charge in [0.2, 0.25) is 0 Å². The van der Waals surface area contributed by atoms with Gasteiger partial charge in [-0.15, -0.1) is 0 Å². The fourth-order valence-electron chi connectivity index (χ4n) is 3.90. The van der Waals surface area contributed by atoms with Crippen LogP contribution >= 0.6 is 11.6 Å². The molecule has 1 heterocycles. The van der Waals surface area contributed by atoms with E-state index in [1.807, 2.05) is 6.92 Å². The molecule has 1 aliphatic heterocycles. The van der Waals surface area contributed by atoms with E-state index in [2.05, 4.69) is 24.2 Å². The smallest absolute Gasteiger partial charge is 0.335 e. The zero-order valence-corrected chi connectivity index (χ0v) is 17.8. The first-order valence-electron chi connectivity index (χ1n) is 10.1. The molecule has 1 aromatic carbocycles. The number of ether oxygens (including phenoxy) is 1. The van der Waals surface area contributed by atoms with Crippen LogP contribution in [0.2, 0.25) is 0 Å². The average molecular weight is 419 g/mol. The zero-order valence-electron chi connectivity index (χ0n) is 17.0. The van der Waals surface area contributed by atoms with Gasteiger partial charge in [0.05, 0.1) is 17.7 Å². The number of aromatic carboxylic acids is 1. The number of fused-ring (bicyclic) bond motifs is 1. The van der Waals surface area contributed by atoms with Crippen LogP contribution in [0.1, 0.15) is 74.0 Å². The van der Waals surface area contributed by atoms with Crippen LogP contribution in [0.15, 0.2) is 33.9 Å². The molecular weight excluding hydrogens is 392 g/mol. The summed E-state index contributed by atoms with van der Waals surface area (Å²) in [6.07, 6.45) is 3.20. The van der Waals surface area contributed by atoms with Gasteiger partial charge in [-0.1, -0.05) is 38.4 Å². The summed E-state index contributed by atoms with van der Waals surface area (Å²) in [5.41, 5.74) is 3.44. The highest BCUT2D eigenvalue weighted by molar-refractivity contribution is 6.43. The number of halogens is 1. The molecule has 2 aliphatic rings. The minimum absolute atomic E-state index is 0.0659. The number of carbonyl (C=O) groups excluding carboxylic acids is 1. The number of rotatable bonds is 8. The molecule has 0 saturated heterocycles. The highest BCUT2D eigenvalue weighted by Crippen LogP contribution is 2.37. The largest absolute Gasteiger partial charge is 0.478 e. The van der Waals surface area contributed by atoms with E-state index < -0.39 is 5.97 Å². The van der Waals surface area contributed by atoms with Crippen molar-refractivity contribution in [3.8, 4) is 0 Å². The summed E-state index contributed by atoms with van der Waals surface area (Å²) in [5.74, 6) is -1.22. The minimum Gasteiger partial charge on any atom is -0.478 e. The number of amides is 1. The highest BCUT2D eigenvalue weighted by atomic mass is 35.5. The zero-order chi connectivity index (χ0) is 21.1. The molecule has 0 saturated carbocycles. The van der Waals surface area contributed by atoms with Crippen LogP contribution in [0.5, 0.6) is 0 Å². The van der Waals surface area contributed by atoms with E-state index in [9.17, 15) is 14.7 Å². The van der Waals surface area contributed by atoms with Crippen molar-refractivity contribution < 1.29 is 19.4 Å². The molecule has 0 radical (unpaired) electrons. The second kappa shape index (κ2) is 9.09. The van der Waals surface area contributed by atoms with Gasteiger partial charge in [-0.25, -0.2) is 9.79 Å². The fourth-order valence-corrected chi connectivity index (χ4v) is 4.21. The maximum Gasteiger partial charge on any atom is 0.335 e. The van der Waals surface area contributed by atoms with Gasteiger partial charge in [0.25, 0.3) is 5.91 Å². The molecule has 0 unspecified atom stereocenters. The molecule has 2 N–H and O–H groups in total. The van der Waals surface area contributed by atoms with Crippen LogP contribution in [-0.2, 0) is 16.0 Å². The first-order valence-corrected chi connectivity index (χ1v) is 10.5. The lowest BCUT2D eigenvalue weighted by atomic mass is 10.1. The second-order valence-corrected chi connectivity index (χ2v) is 7.84. The van der Waals surface area contributed by atoms with Crippen LogP contribution < -0.4 is 5.32 Å². The van der Waals surface area contributed by atoms with Crippen molar-refractivity contribution in [1.82, 2.24) is 5.32 Å². The van der Waals surface area contributed by atoms with Gasteiger partial charge in [0.15, 0.2) is 0 Å². The van der Waals surface area contributed by atoms with Crippen LogP contribution in [0.3, 0.4) is 0 Å². The number of carboxylic acids is 1. The van der Waals surface area contributed by atoms with Crippen molar-refractivity contribution in [1.29, 1.82) is 0 Å². The van der Waals surface area contributed by atoms with Crippen molar-refractivity contribution in [3.05, 3.63) is 45.6 Å². The van der Waals surface area contributed by atoms with Gasteiger partial charge in [-0.2, -0.15) is 0 Å². The van der Waals surface area contributed by atoms with E-state index in [1.165, 1.54) is 0 Å². The summed E-state index contributed by atoms with van der Waals surface area (Å²) in [6, 6.07) is 4.79. The Morgan fingerprint density at radius 3 is 2.62 bits per heavy atom. The lowest BCUT2D eigenvalue weighted by Gasteiger charge is -2.26. The van der Waals surface area contributed by atoms with Gasteiger partial charge in [0.1, 0.15) is 17.0 Å². The monoisotopic (exact) mass is 418 g/mol. The standard InChI is InChI=1S/C22H27ClN2O4/c1-4-12-10-18(24-20(12)23)21(26)25-17-11-14-9-13(22(27)28)7-8-16(14)19(17)29-15(5-2)6-3/h7-9,15,17,19H,4-6,10-11H2,1-3H3,(H,25,26)(H,27,28)/t17-,19+/m1/s1. The third-order valence-electron chi connectivity index (χ3n) is 5.66. The quantitative estimate of drug-likeness (QED) is 0.613. The number of carboxylic acid groups (broad SMARTS) is 1. The topological polar surface area (TPSA) is 88.0 Å². The van der Waals surface area contributed by atoms with Gasteiger partial charge < -0.3 is 15.2 Å². The normalized spacial score (nSPS) is 20.8. The summed E-state index contributed by atoms with van der Waals surface area (Å²) in [4.78, 5) is 28.4. The number of hydrogen-bond donors (Lipinski definition) is 2. The Kier molecular flexibility index (Phi) is 6.75. The Bertz CT molecular complexity index is 874. The lowest BCUT2D eigenvalue weighted by molar-refractivity contribution is -0.117. The third-order valence-corrected chi connectivity index (χ3v) is 6.01. The number of benzene rings is 1. The van der Waals surface area contributed by atoms with Gasteiger partial charge in [0, 0.05) is 6.42 Å². The van der Waals surface area contributed by atoms with E-state index >= 15 is 0 Å². The van der Waals surface area contributed by atoms with E-state index in [0.29, 0.717) is 23.7 Å². The Labute approximate surface area is 176 Å². The van der Waals surface area contributed by atoms with Crippen LogP contribution in [0, 0.1) is 0 Å². The molecule has 0 fully saturated rings. The minimum atomic E-state index is -0.967. The fraction of sp³-hybridized carbons (Fsp3) is 0.500. The van der Waals surface area contributed by atoms with Gasteiger partial charge in [-0.05, 0) is 54.5 Å². The molecule has 156 valence electrons. The summed E-state index contributed by atoms with van der Waals surface area (Å²) in [5, 5.41) is 12.8. The van der Waals surface area contributed by atoms with Crippen LogP contribution in [0.25, 0.3) is 0 Å². The third kappa shape index (κ3) is 4.54. The molecule has 0 aromatic heterocycles. The number of carbonyl (C=O) groups is 2. The van der Waals surface area contributed by atoms with E-state index in [0.717, 1.165) is 36.0 Å². The maximum absolute atomic E-state index is 12.8. The first-order chi connectivity index (χ1) is 13.9. The number of nitrogens with zero attached hydrogens (tertiary/aromatic N) is 1. The van der Waals surface area contributed by atoms with Gasteiger partial charge in [-0.3, -0.25) is 4.79 Å². The van der Waals surface area contributed by atoms with Crippen molar-refractivity contribution >= 4 is 29.2 Å². The average Bonchev–Trinajstić information content (AvgIpc) is 3.25. The number of hydrogen-bond acceptors (Lipinski definition) is 4. The number of nitrogens with one attached hydrogen (secondary N) is 1. The summed E-state index contributed by atoms with van der Waals surface area (Å²) < 4.78 is 6.34. The van der Waals surface area contributed by atoms with Crippen molar-refractivity contribution in [2.45, 2.75) is 71.1 Å². The number of aliphatic imine (C=N–C) groups is 1. The predicted octanol–water partition coefficient (Wildman–Crippen LogP) is 4.38. The van der Waals surface area contributed by atoms with Crippen LogP contribution in [0.4, 0.5) is 0 Å². The summed E-state index contributed by atoms with van der Waals surface area (Å²) in [6.45, 7) is 6.12. The Hall–Kier alpha value is -2.18. The molecule has 29 heavy (non-hydrogen) atoms. The number of allylic oxidation sites excluding steroid dienone is 1. The highest BCUT2D eigenvalue weighted by Gasteiger charge is 2.37. The summed E-state index contributed by atoms with van der Waals surface area (Å²) in [7, 11) is 0. The Morgan fingerprint density at radius 1 is 1.31 bits per heavy atom. The molecule has 0 bridgehead atoms. The second-order valence-electron chi connectivity index (χ2n) is 7.48. The molecule has 6 nitrogen and oxygen atoms in total. The first kappa shape index (κ1) is 21.5. The molecule has 1 aromatic rings. The molecule has 2 atom stereocenters. The lowest BCUT2D eigenvalue weighted by Crippen LogP contribution is -2.42. The van der Waals surface area contributed by atoms with Gasteiger partial charge >= 0.3 is 5.97 Å².